The molecule has 1 amide bonds. The van der Waals surface area contributed by atoms with Gasteiger partial charge in [-0.15, -0.1) is 0 Å². The first kappa shape index (κ1) is 16.8. The van der Waals surface area contributed by atoms with Crippen LogP contribution in [0.3, 0.4) is 0 Å². The predicted molar refractivity (Wildman–Crippen MR) is 91.3 cm³/mol. The van der Waals surface area contributed by atoms with E-state index in [0.29, 0.717) is 24.7 Å². The third-order valence-corrected chi connectivity index (χ3v) is 3.68. The Hall–Kier alpha value is -1.55. The molecule has 0 bridgehead atoms. The van der Waals surface area contributed by atoms with Crippen LogP contribution >= 0.6 is 23.2 Å². The highest BCUT2D eigenvalue weighted by molar-refractivity contribution is 6.30. The molecule has 0 saturated heterocycles. The van der Waals surface area contributed by atoms with Gasteiger partial charge >= 0.3 is 0 Å². The average molecular weight is 337 g/mol. The summed E-state index contributed by atoms with van der Waals surface area (Å²) in [5.41, 5.74) is 2.25. The zero-order valence-corrected chi connectivity index (χ0v) is 13.6. The maximum Gasteiger partial charge on any atom is 0.233 e. The second-order valence-electron chi connectivity index (χ2n) is 4.96. The fourth-order valence-corrected chi connectivity index (χ4v) is 2.23. The Balaban J connectivity index is 1.61. The van der Waals surface area contributed by atoms with Gasteiger partial charge in [0.1, 0.15) is 0 Å². The summed E-state index contributed by atoms with van der Waals surface area (Å²) in [4.78, 5) is 11.7. The van der Waals surface area contributed by atoms with Crippen molar-refractivity contribution < 1.29 is 4.79 Å². The van der Waals surface area contributed by atoms with E-state index in [2.05, 4.69) is 10.6 Å². The monoisotopic (exact) mass is 336 g/mol. The minimum atomic E-state index is -0.0112. The van der Waals surface area contributed by atoms with Gasteiger partial charge in [-0.2, -0.15) is 0 Å². The standard InChI is InChI=1S/C17H18Cl2N2O/c18-15-5-1-13(2-6-15)9-10-21-17(22)12-20-11-14-3-7-16(19)8-4-14/h1-8,20H,9-12H2,(H,21,22). The molecule has 0 heterocycles. The maximum atomic E-state index is 11.7. The largest absolute Gasteiger partial charge is 0.355 e. The lowest BCUT2D eigenvalue weighted by molar-refractivity contribution is -0.120. The van der Waals surface area contributed by atoms with Crippen molar-refractivity contribution in [3.63, 3.8) is 0 Å². The van der Waals surface area contributed by atoms with Crippen LogP contribution in [-0.2, 0) is 17.8 Å². The van der Waals surface area contributed by atoms with Crippen molar-refractivity contribution in [1.82, 2.24) is 10.6 Å². The highest BCUT2D eigenvalue weighted by Gasteiger charge is 2.01. The van der Waals surface area contributed by atoms with Gasteiger partial charge in [-0.1, -0.05) is 47.5 Å². The van der Waals surface area contributed by atoms with Crippen LogP contribution in [0, 0.1) is 0 Å². The van der Waals surface area contributed by atoms with Crippen molar-refractivity contribution in [2.45, 2.75) is 13.0 Å². The summed E-state index contributed by atoms with van der Waals surface area (Å²) in [5.74, 6) is -0.0112. The summed E-state index contributed by atoms with van der Waals surface area (Å²) in [6.45, 7) is 1.55. The van der Waals surface area contributed by atoms with E-state index in [9.17, 15) is 4.79 Å². The van der Waals surface area contributed by atoms with E-state index in [0.717, 1.165) is 22.6 Å². The molecule has 116 valence electrons. The molecule has 5 heteroatoms. The van der Waals surface area contributed by atoms with Gasteiger partial charge in [0.05, 0.1) is 6.54 Å². The van der Waals surface area contributed by atoms with E-state index in [4.69, 9.17) is 23.2 Å². The number of hydrogen-bond donors (Lipinski definition) is 2. The SMILES string of the molecule is O=C(CNCc1ccc(Cl)cc1)NCCc1ccc(Cl)cc1. The van der Waals surface area contributed by atoms with Crippen LogP contribution in [0.25, 0.3) is 0 Å². The minimum absolute atomic E-state index is 0.0112. The van der Waals surface area contributed by atoms with Gasteiger partial charge in [-0.3, -0.25) is 4.79 Å². The Kier molecular flexibility index (Phi) is 6.72. The van der Waals surface area contributed by atoms with Crippen molar-refractivity contribution in [2.75, 3.05) is 13.1 Å². The molecule has 22 heavy (non-hydrogen) atoms. The highest BCUT2D eigenvalue weighted by atomic mass is 35.5. The van der Waals surface area contributed by atoms with E-state index >= 15 is 0 Å². The summed E-state index contributed by atoms with van der Waals surface area (Å²) in [5, 5.41) is 7.42. The average Bonchev–Trinajstić information content (AvgIpc) is 2.51. The summed E-state index contributed by atoms with van der Waals surface area (Å²) in [6, 6.07) is 15.2. The third-order valence-electron chi connectivity index (χ3n) is 3.18. The van der Waals surface area contributed by atoms with E-state index in [1.807, 2.05) is 48.5 Å². The molecule has 0 unspecified atom stereocenters. The van der Waals surface area contributed by atoms with Crippen LogP contribution in [0.5, 0.6) is 0 Å². The molecule has 0 radical (unpaired) electrons. The van der Waals surface area contributed by atoms with Crippen LogP contribution in [0.2, 0.25) is 10.0 Å². The number of hydrogen-bond acceptors (Lipinski definition) is 2. The molecule has 0 aromatic heterocycles. The number of benzene rings is 2. The second-order valence-corrected chi connectivity index (χ2v) is 5.83. The van der Waals surface area contributed by atoms with Gasteiger partial charge in [-0.25, -0.2) is 0 Å². The van der Waals surface area contributed by atoms with Crippen LogP contribution in [-0.4, -0.2) is 19.0 Å². The Morgan fingerprint density at radius 3 is 2.00 bits per heavy atom. The lowest BCUT2D eigenvalue weighted by Crippen LogP contribution is -2.34. The molecule has 0 atom stereocenters. The zero-order valence-electron chi connectivity index (χ0n) is 12.1. The van der Waals surface area contributed by atoms with Crippen LogP contribution in [0.4, 0.5) is 0 Å². The third kappa shape index (κ3) is 6.06. The molecule has 2 aromatic rings. The molecule has 2 rings (SSSR count). The van der Waals surface area contributed by atoms with Crippen molar-refractivity contribution in [3.05, 3.63) is 69.7 Å². The van der Waals surface area contributed by atoms with Crippen LogP contribution < -0.4 is 10.6 Å². The number of rotatable bonds is 7. The van der Waals surface area contributed by atoms with Crippen molar-refractivity contribution in [2.24, 2.45) is 0 Å². The molecule has 0 saturated carbocycles. The first-order chi connectivity index (χ1) is 10.6. The smallest absolute Gasteiger partial charge is 0.233 e. The topological polar surface area (TPSA) is 41.1 Å². The first-order valence-electron chi connectivity index (χ1n) is 7.10. The number of halogens is 2. The molecule has 2 N–H and O–H groups in total. The Bertz CT molecular complexity index is 544. The van der Waals surface area contributed by atoms with Gasteiger partial charge in [0.15, 0.2) is 0 Å². The Morgan fingerprint density at radius 2 is 1.41 bits per heavy atom. The Labute approximate surface area is 140 Å². The van der Waals surface area contributed by atoms with E-state index in [-0.39, 0.29) is 5.91 Å². The van der Waals surface area contributed by atoms with Crippen molar-refractivity contribution in [1.29, 1.82) is 0 Å². The summed E-state index contributed by atoms with van der Waals surface area (Å²) >= 11 is 11.6. The number of carbonyl (C=O) groups is 1. The zero-order chi connectivity index (χ0) is 15.8. The van der Waals surface area contributed by atoms with E-state index in [1.54, 1.807) is 0 Å². The molecule has 0 spiro atoms. The molecule has 0 aliphatic rings. The fraction of sp³-hybridized carbons (Fsp3) is 0.235. The van der Waals surface area contributed by atoms with E-state index < -0.39 is 0 Å². The number of carbonyl (C=O) groups excluding carboxylic acids is 1. The van der Waals surface area contributed by atoms with Gasteiger partial charge in [-0.05, 0) is 41.8 Å². The van der Waals surface area contributed by atoms with Gasteiger partial charge in [0.2, 0.25) is 5.91 Å². The van der Waals surface area contributed by atoms with E-state index in [1.165, 1.54) is 0 Å². The first-order valence-corrected chi connectivity index (χ1v) is 7.85. The normalized spacial score (nSPS) is 10.5. The second kappa shape index (κ2) is 8.79. The summed E-state index contributed by atoms with van der Waals surface area (Å²) < 4.78 is 0. The molecular weight excluding hydrogens is 319 g/mol. The van der Waals surface area contributed by atoms with Crippen LogP contribution in [0.1, 0.15) is 11.1 Å². The van der Waals surface area contributed by atoms with Gasteiger partial charge in [0, 0.05) is 23.1 Å². The summed E-state index contributed by atoms with van der Waals surface area (Å²) in [6.07, 6.45) is 0.792. The molecular formula is C17H18Cl2N2O. The lowest BCUT2D eigenvalue weighted by Gasteiger charge is -2.07. The highest BCUT2D eigenvalue weighted by Crippen LogP contribution is 2.10. The molecule has 2 aromatic carbocycles. The lowest BCUT2D eigenvalue weighted by atomic mass is 10.1. The molecule has 3 nitrogen and oxygen atoms in total. The number of nitrogens with one attached hydrogen (secondary N) is 2. The Morgan fingerprint density at radius 1 is 0.864 bits per heavy atom. The predicted octanol–water partition coefficient (Wildman–Crippen LogP) is 3.44. The van der Waals surface area contributed by atoms with Crippen molar-refractivity contribution >= 4 is 29.1 Å². The molecule has 0 aliphatic carbocycles. The quantitative estimate of drug-likeness (QED) is 0.813. The van der Waals surface area contributed by atoms with Crippen LogP contribution in [0.15, 0.2) is 48.5 Å². The number of amides is 1. The maximum absolute atomic E-state index is 11.7. The summed E-state index contributed by atoms with van der Waals surface area (Å²) in [7, 11) is 0. The van der Waals surface area contributed by atoms with Gasteiger partial charge < -0.3 is 10.6 Å². The molecule has 0 fully saturated rings. The van der Waals surface area contributed by atoms with Crippen molar-refractivity contribution in [3.8, 4) is 0 Å². The fourth-order valence-electron chi connectivity index (χ4n) is 1.98. The van der Waals surface area contributed by atoms with Gasteiger partial charge in [0.25, 0.3) is 0 Å². The minimum Gasteiger partial charge on any atom is -0.355 e. The molecule has 0 aliphatic heterocycles.